The van der Waals surface area contributed by atoms with E-state index in [0.717, 1.165) is 10.0 Å². The van der Waals surface area contributed by atoms with E-state index in [9.17, 15) is 14.7 Å². The number of nitrogens with zero attached hydrogens (tertiary/aromatic N) is 2. The molecule has 30 heavy (non-hydrogen) atoms. The first-order valence-corrected chi connectivity index (χ1v) is 10.4. The molecule has 0 bridgehead atoms. The van der Waals surface area contributed by atoms with Crippen LogP contribution in [0.2, 0.25) is 5.02 Å². The molecule has 2 aromatic carbocycles. The number of aliphatic hydroxyl groups is 1. The smallest absolute Gasteiger partial charge is 0.295 e. The first-order valence-electron chi connectivity index (χ1n) is 9.27. The molecule has 8 heteroatoms. The Morgan fingerprint density at radius 3 is 2.43 bits per heavy atom. The van der Waals surface area contributed by atoms with E-state index in [4.69, 9.17) is 16.3 Å². The average Bonchev–Trinajstić information content (AvgIpc) is 2.96. The maximum atomic E-state index is 12.9. The van der Waals surface area contributed by atoms with Crippen LogP contribution in [0.3, 0.4) is 0 Å². The molecular weight excluding hydrogens is 472 g/mol. The standard InChI is InChI=1S/C22H22BrClN2O4/c1-25(2)10-11-26-19(13-4-7-15(23)8-5-13)18(21(28)22(26)29)20(27)14-6-9-17(30-3)16(24)12-14/h4-9,12,19,27H,10-11H2,1-3H3/t19-/m0/s1. The molecule has 2 aromatic rings. The summed E-state index contributed by atoms with van der Waals surface area (Å²) in [5.74, 6) is -1.17. The minimum absolute atomic E-state index is 0.0438. The molecule has 1 N–H and O–H groups in total. The van der Waals surface area contributed by atoms with Crippen LogP contribution in [0, 0.1) is 0 Å². The van der Waals surface area contributed by atoms with Crippen LogP contribution in [0.1, 0.15) is 17.2 Å². The second-order valence-electron chi connectivity index (χ2n) is 7.20. The highest BCUT2D eigenvalue weighted by atomic mass is 79.9. The molecule has 158 valence electrons. The zero-order valence-electron chi connectivity index (χ0n) is 16.9. The Morgan fingerprint density at radius 1 is 1.20 bits per heavy atom. The molecular formula is C22H22BrClN2O4. The van der Waals surface area contributed by atoms with Gasteiger partial charge in [-0.1, -0.05) is 39.7 Å². The highest BCUT2D eigenvalue weighted by molar-refractivity contribution is 9.10. The minimum Gasteiger partial charge on any atom is -0.507 e. The zero-order chi connectivity index (χ0) is 22.0. The van der Waals surface area contributed by atoms with E-state index in [2.05, 4.69) is 15.9 Å². The molecule has 3 rings (SSSR count). The topological polar surface area (TPSA) is 70.1 Å². The molecule has 1 atom stereocenters. The summed E-state index contributed by atoms with van der Waals surface area (Å²) in [5, 5.41) is 11.3. The lowest BCUT2D eigenvalue weighted by atomic mass is 9.95. The Morgan fingerprint density at radius 2 is 1.87 bits per heavy atom. The summed E-state index contributed by atoms with van der Waals surface area (Å²) in [7, 11) is 5.28. The fraction of sp³-hybridized carbons (Fsp3) is 0.273. The molecule has 0 saturated carbocycles. The number of Topliss-reactive ketones (excluding diaryl/α,β-unsaturated/α-hetero) is 1. The highest BCUT2D eigenvalue weighted by Gasteiger charge is 2.45. The molecule has 1 amide bonds. The van der Waals surface area contributed by atoms with Crippen LogP contribution >= 0.6 is 27.5 Å². The summed E-state index contributed by atoms with van der Waals surface area (Å²) in [6.45, 7) is 0.924. The van der Waals surface area contributed by atoms with E-state index >= 15 is 0 Å². The number of likely N-dealkylation sites (tertiary alicyclic amines) is 1. The van der Waals surface area contributed by atoms with Crippen molar-refractivity contribution in [1.82, 2.24) is 9.80 Å². The van der Waals surface area contributed by atoms with Gasteiger partial charge in [0.25, 0.3) is 11.7 Å². The molecule has 0 radical (unpaired) electrons. The number of aliphatic hydroxyl groups excluding tert-OH is 1. The van der Waals surface area contributed by atoms with Crippen LogP contribution in [0.5, 0.6) is 5.75 Å². The van der Waals surface area contributed by atoms with Crippen molar-refractivity contribution in [2.75, 3.05) is 34.3 Å². The Bertz CT molecular complexity index is 1000. The van der Waals surface area contributed by atoms with Crippen molar-refractivity contribution in [3.05, 3.63) is 68.7 Å². The largest absolute Gasteiger partial charge is 0.507 e. The Balaban J connectivity index is 2.14. The number of amides is 1. The van der Waals surface area contributed by atoms with E-state index in [1.54, 1.807) is 12.1 Å². The lowest BCUT2D eigenvalue weighted by Crippen LogP contribution is -2.35. The fourth-order valence-corrected chi connectivity index (χ4v) is 3.90. The summed E-state index contributed by atoms with van der Waals surface area (Å²) in [6, 6.07) is 11.4. The van der Waals surface area contributed by atoms with Gasteiger partial charge < -0.3 is 19.6 Å². The minimum atomic E-state index is -0.717. The normalized spacial score (nSPS) is 18.3. The third-order valence-electron chi connectivity index (χ3n) is 4.94. The number of methoxy groups -OCH3 is 1. The molecule has 6 nitrogen and oxygen atoms in total. The van der Waals surface area contributed by atoms with Crippen molar-refractivity contribution in [2.45, 2.75) is 6.04 Å². The van der Waals surface area contributed by atoms with Crippen molar-refractivity contribution in [1.29, 1.82) is 0 Å². The lowest BCUT2D eigenvalue weighted by molar-refractivity contribution is -0.140. The van der Waals surface area contributed by atoms with Crippen LogP contribution in [-0.2, 0) is 9.59 Å². The Hall–Kier alpha value is -2.35. The van der Waals surface area contributed by atoms with Crippen molar-refractivity contribution in [2.24, 2.45) is 0 Å². The number of halogens is 2. The number of hydrogen-bond acceptors (Lipinski definition) is 5. The van der Waals surface area contributed by atoms with Crippen LogP contribution in [-0.4, -0.2) is 60.9 Å². The van der Waals surface area contributed by atoms with E-state index in [1.807, 2.05) is 43.3 Å². The molecule has 0 aromatic heterocycles. The predicted octanol–water partition coefficient (Wildman–Crippen LogP) is 4.09. The van der Waals surface area contributed by atoms with E-state index in [0.29, 0.717) is 29.4 Å². The number of carbonyl (C=O) groups excluding carboxylic acids is 2. The molecule has 1 aliphatic rings. The first kappa shape index (κ1) is 22.3. The number of hydrogen-bond donors (Lipinski definition) is 1. The Kier molecular flexibility index (Phi) is 6.85. The average molecular weight is 494 g/mol. The van der Waals surface area contributed by atoms with Crippen LogP contribution in [0.4, 0.5) is 0 Å². The second kappa shape index (κ2) is 9.20. The van der Waals surface area contributed by atoms with Crippen molar-refractivity contribution < 1.29 is 19.4 Å². The van der Waals surface area contributed by atoms with Gasteiger partial charge in [0.05, 0.1) is 23.7 Å². The van der Waals surface area contributed by atoms with E-state index in [1.165, 1.54) is 18.1 Å². The third kappa shape index (κ3) is 4.38. The van der Waals surface area contributed by atoms with E-state index in [-0.39, 0.29) is 11.3 Å². The SMILES string of the molecule is COc1ccc(C(O)=C2C(=O)C(=O)N(CCN(C)C)[C@H]2c2ccc(Br)cc2)cc1Cl. The molecule has 1 saturated heterocycles. The number of ketones is 1. The number of carbonyl (C=O) groups is 2. The van der Waals surface area contributed by atoms with Gasteiger partial charge in [-0.2, -0.15) is 0 Å². The number of rotatable bonds is 6. The van der Waals surface area contributed by atoms with Gasteiger partial charge in [-0.3, -0.25) is 9.59 Å². The summed E-state index contributed by atoms with van der Waals surface area (Å²) >= 11 is 9.60. The maximum Gasteiger partial charge on any atom is 0.295 e. The summed E-state index contributed by atoms with van der Waals surface area (Å²) in [6.07, 6.45) is 0. The molecule has 1 aliphatic heterocycles. The van der Waals surface area contributed by atoms with Gasteiger partial charge in [0.15, 0.2) is 0 Å². The van der Waals surface area contributed by atoms with E-state index < -0.39 is 17.7 Å². The van der Waals surface area contributed by atoms with Crippen LogP contribution in [0.15, 0.2) is 52.5 Å². The number of benzene rings is 2. The second-order valence-corrected chi connectivity index (χ2v) is 8.52. The Labute approximate surface area is 188 Å². The van der Waals surface area contributed by atoms with Crippen molar-refractivity contribution in [3.8, 4) is 5.75 Å². The van der Waals surface area contributed by atoms with Crippen molar-refractivity contribution in [3.63, 3.8) is 0 Å². The van der Waals surface area contributed by atoms with Crippen LogP contribution < -0.4 is 4.74 Å². The third-order valence-corrected chi connectivity index (χ3v) is 5.76. The van der Waals surface area contributed by atoms with Gasteiger partial charge in [-0.05, 0) is 50.0 Å². The predicted molar refractivity (Wildman–Crippen MR) is 120 cm³/mol. The molecule has 0 spiro atoms. The van der Waals surface area contributed by atoms with Gasteiger partial charge in [0.1, 0.15) is 11.5 Å². The molecule has 1 heterocycles. The quantitative estimate of drug-likeness (QED) is 0.373. The van der Waals surface area contributed by atoms with Gasteiger partial charge in [0, 0.05) is 23.1 Å². The summed E-state index contributed by atoms with van der Waals surface area (Å²) in [4.78, 5) is 29.2. The lowest BCUT2D eigenvalue weighted by Gasteiger charge is -2.26. The molecule has 1 fully saturated rings. The highest BCUT2D eigenvalue weighted by Crippen LogP contribution is 2.40. The van der Waals surface area contributed by atoms with Crippen molar-refractivity contribution >= 4 is 45.0 Å². The summed E-state index contributed by atoms with van der Waals surface area (Å²) in [5.41, 5.74) is 1.12. The van der Waals surface area contributed by atoms with Gasteiger partial charge >= 0.3 is 0 Å². The van der Waals surface area contributed by atoms with Gasteiger partial charge in [0.2, 0.25) is 0 Å². The van der Waals surface area contributed by atoms with Gasteiger partial charge in [-0.25, -0.2) is 0 Å². The number of likely N-dealkylation sites (N-methyl/N-ethyl adjacent to an activating group) is 1. The van der Waals surface area contributed by atoms with Crippen LogP contribution in [0.25, 0.3) is 5.76 Å². The zero-order valence-corrected chi connectivity index (χ0v) is 19.2. The number of ether oxygens (including phenoxy) is 1. The fourth-order valence-electron chi connectivity index (χ4n) is 3.38. The molecule has 0 unspecified atom stereocenters. The molecule has 0 aliphatic carbocycles. The van der Waals surface area contributed by atoms with Gasteiger partial charge in [-0.15, -0.1) is 0 Å². The monoisotopic (exact) mass is 492 g/mol. The summed E-state index contributed by atoms with van der Waals surface area (Å²) < 4.78 is 6.02. The maximum absolute atomic E-state index is 12.9. The first-order chi connectivity index (χ1) is 14.2.